The van der Waals surface area contributed by atoms with E-state index in [4.69, 9.17) is 0 Å². The van der Waals surface area contributed by atoms with E-state index in [1.54, 1.807) is 6.08 Å². The molecule has 3 rings (SSSR count). The number of benzene rings is 2. The van der Waals surface area contributed by atoms with Gasteiger partial charge in [-0.2, -0.15) is 0 Å². The number of carboxylic acids is 1. The van der Waals surface area contributed by atoms with E-state index in [9.17, 15) is 23.9 Å². The van der Waals surface area contributed by atoms with Gasteiger partial charge in [0.1, 0.15) is 11.4 Å². The Balaban J connectivity index is 1.83. The van der Waals surface area contributed by atoms with Gasteiger partial charge in [0.2, 0.25) is 0 Å². The molecular weight excluding hydrogens is 449 g/mol. The Morgan fingerprint density at radius 2 is 1.69 bits per heavy atom. The third kappa shape index (κ3) is 5.88. The number of amides is 3. The highest BCUT2D eigenvalue weighted by molar-refractivity contribution is 6.08. The number of aryl methyl sites for hydroxylation is 2. The molecule has 0 bridgehead atoms. The molecule has 0 unspecified atom stereocenters. The largest absolute Gasteiger partial charge is 0.480 e. The van der Waals surface area contributed by atoms with Gasteiger partial charge in [0.15, 0.2) is 0 Å². The van der Waals surface area contributed by atoms with Gasteiger partial charge in [-0.3, -0.25) is 4.79 Å². The summed E-state index contributed by atoms with van der Waals surface area (Å²) in [5, 5.41) is 17.9. The summed E-state index contributed by atoms with van der Waals surface area (Å²) < 4.78 is 14.0. The van der Waals surface area contributed by atoms with E-state index < -0.39 is 29.3 Å². The van der Waals surface area contributed by atoms with Crippen LogP contribution in [0.3, 0.4) is 0 Å². The fourth-order valence-corrected chi connectivity index (χ4v) is 4.71. The lowest BCUT2D eigenvalue weighted by molar-refractivity contribution is -0.146. The van der Waals surface area contributed by atoms with Crippen LogP contribution in [0, 0.1) is 25.6 Å². The minimum absolute atomic E-state index is 0.0275. The second-order valence-electron chi connectivity index (χ2n) is 9.30. The van der Waals surface area contributed by atoms with Crippen molar-refractivity contribution in [1.82, 2.24) is 5.32 Å². The SMILES string of the molecule is C=Cc1cc(C)c(NC(=O)Nc2cc(F)ccc2C(=O)N[C@](C)(C(=O)O)C2CCCCC2)c(C)c1. The van der Waals surface area contributed by atoms with Crippen molar-refractivity contribution in [2.75, 3.05) is 10.6 Å². The number of nitrogens with one attached hydrogen (secondary N) is 3. The van der Waals surface area contributed by atoms with Crippen molar-refractivity contribution in [3.05, 3.63) is 65.0 Å². The van der Waals surface area contributed by atoms with Crippen LogP contribution >= 0.6 is 0 Å². The molecule has 2 aromatic rings. The van der Waals surface area contributed by atoms with Gasteiger partial charge in [-0.15, -0.1) is 0 Å². The summed E-state index contributed by atoms with van der Waals surface area (Å²) in [7, 11) is 0. The van der Waals surface area contributed by atoms with Crippen molar-refractivity contribution in [3.8, 4) is 0 Å². The van der Waals surface area contributed by atoms with Gasteiger partial charge in [0.05, 0.1) is 11.3 Å². The van der Waals surface area contributed by atoms with Gasteiger partial charge in [0, 0.05) is 5.69 Å². The molecule has 0 saturated heterocycles. The zero-order valence-corrected chi connectivity index (χ0v) is 20.3. The van der Waals surface area contributed by atoms with E-state index in [1.807, 2.05) is 26.0 Å². The van der Waals surface area contributed by atoms with E-state index in [-0.39, 0.29) is 17.2 Å². The van der Waals surface area contributed by atoms with Crippen molar-refractivity contribution in [3.63, 3.8) is 0 Å². The van der Waals surface area contributed by atoms with Gasteiger partial charge >= 0.3 is 12.0 Å². The molecule has 1 aliphatic carbocycles. The lowest BCUT2D eigenvalue weighted by Gasteiger charge is -2.37. The Bertz CT molecular complexity index is 1130. The summed E-state index contributed by atoms with van der Waals surface area (Å²) in [6.45, 7) is 8.94. The molecule has 0 aromatic heterocycles. The highest BCUT2D eigenvalue weighted by Gasteiger charge is 2.43. The van der Waals surface area contributed by atoms with Crippen LogP contribution in [0.4, 0.5) is 20.6 Å². The lowest BCUT2D eigenvalue weighted by atomic mass is 9.75. The van der Waals surface area contributed by atoms with Gasteiger partial charge in [0.25, 0.3) is 5.91 Å². The Labute approximate surface area is 204 Å². The van der Waals surface area contributed by atoms with Gasteiger partial charge in [-0.1, -0.05) is 31.9 Å². The first-order valence-electron chi connectivity index (χ1n) is 11.7. The molecule has 1 fully saturated rings. The number of rotatable bonds is 7. The Hall–Kier alpha value is -3.68. The maximum absolute atomic E-state index is 14.0. The number of anilines is 2. The minimum Gasteiger partial charge on any atom is -0.480 e. The molecule has 7 nitrogen and oxygen atoms in total. The van der Waals surface area contributed by atoms with Crippen LogP contribution < -0.4 is 16.0 Å². The van der Waals surface area contributed by atoms with Crippen LogP contribution in [0.2, 0.25) is 0 Å². The predicted molar refractivity (Wildman–Crippen MR) is 135 cm³/mol. The zero-order valence-electron chi connectivity index (χ0n) is 20.3. The second kappa shape index (κ2) is 10.7. The number of urea groups is 1. The van der Waals surface area contributed by atoms with Gasteiger partial charge in [-0.05, 0) is 86.6 Å². The minimum atomic E-state index is -1.48. The second-order valence-corrected chi connectivity index (χ2v) is 9.30. The van der Waals surface area contributed by atoms with Gasteiger partial charge < -0.3 is 21.1 Å². The van der Waals surface area contributed by atoms with Crippen molar-refractivity contribution >= 4 is 35.4 Å². The summed E-state index contributed by atoms with van der Waals surface area (Å²) in [5.41, 5.74) is 1.57. The molecule has 35 heavy (non-hydrogen) atoms. The first-order valence-corrected chi connectivity index (χ1v) is 11.7. The average Bonchev–Trinajstić information content (AvgIpc) is 2.81. The quantitative estimate of drug-likeness (QED) is 0.396. The standard InChI is InChI=1S/C27H32FN3O4/c1-5-18-13-16(2)23(17(3)14-18)30-26(35)29-22-15-20(28)11-12-21(22)24(32)31-27(4,25(33)34)19-9-7-6-8-10-19/h5,11-15,19H,1,6-10H2,2-4H3,(H,31,32)(H,33,34)(H2,29,30,35)/t27-/m0/s1. The normalized spacial score (nSPS) is 15.5. The number of halogens is 1. The molecule has 8 heteroatoms. The molecule has 1 aliphatic rings. The molecule has 0 radical (unpaired) electrons. The number of hydrogen-bond acceptors (Lipinski definition) is 3. The summed E-state index contributed by atoms with van der Waals surface area (Å²) in [6, 6.07) is 6.45. The maximum atomic E-state index is 14.0. The average molecular weight is 482 g/mol. The number of aliphatic carboxylic acids is 1. The van der Waals surface area contributed by atoms with Crippen LogP contribution in [0.1, 0.15) is 66.1 Å². The lowest BCUT2D eigenvalue weighted by Crippen LogP contribution is -2.57. The Kier molecular flexibility index (Phi) is 7.94. The van der Waals surface area contributed by atoms with Crippen LogP contribution in [0.15, 0.2) is 36.9 Å². The van der Waals surface area contributed by atoms with Crippen molar-refractivity contribution in [1.29, 1.82) is 0 Å². The maximum Gasteiger partial charge on any atom is 0.329 e. The molecular formula is C27H32FN3O4. The van der Waals surface area contributed by atoms with Crippen LogP contribution in [-0.2, 0) is 4.79 Å². The summed E-state index contributed by atoms with van der Waals surface area (Å²) in [6.07, 6.45) is 5.95. The number of carbonyl (C=O) groups excluding carboxylic acids is 2. The van der Waals surface area contributed by atoms with Crippen molar-refractivity contribution in [2.24, 2.45) is 5.92 Å². The van der Waals surface area contributed by atoms with Crippen LogP contribution in [0.5, 0.6) is 0 Å². The van der Waals surface area contributed by atoms with E-state index in [2.05, 4.69) is 22.5 Å². The molecule has 1 saturated carbocycles. The van der Waals surface area contributed by atoms with E-state index in [0.29, 0.717) is 18.5 Å². The zero-order chi connectivity index (χ0) is 25.8. The van der Waals surface area contributed by atoms with Crippen molar-refractivity contribution < 1.29 is 23.9 Å². The van der Waals surface area contributed by atoms with Gasteiger partial charge in [-0.25, -0.2) is 14.0 Å². The third-order valence-electron chi connectivity index (χ3n) is 6.74. The summed E-state index contributed by atoms with van der Waals surface area (Å²) in [4.78, 5) is 38.1. The molecule has 1 atom stereocenters. The highest BCUT2D eigenvalue weighted by atomic mass is 19.1. The monoisotopic (exact) mass is 481 g/mol. The first kappa shape index (κ1) is 25.9. The number of hydrogen-bond donors (Lipinski definition) is 4. The Morgan fingerprint density at radius 1 is 1.06 bits per heavy atom. The fourth-order valence-electron chi connectivity index (χ4n) is 4.71. The smallest absolute Gasteiger partial charge is 0.329 e. The third-order valence-corrected chi connectivity index (χ3v) is 6.74. The molecule has 2 aromatic carbocycles. The van der Waals surface area contributed by atoms with Crippen LogP contribution in [-0.4, -0.2) is 28.6 Å². The first-order chi connectivity index (χ1) is 16.5. The van der Waals surface area contributed by atoms with E-state index in [1.165, 1.54) is 13.0 Å². The fraction of sp³-hybridized carbons (Fsp3) is 0.370. The highest BCUT2D eigenvalue weighted by Crippen LogP contribution is 2.33. The molecule has 4 N–H and O–H groups in total. The van der Waals surface area contributed by atoms with Crippen LogP contribution in [0.25, 0.3) is 6.08 Å². The van der Waals surface area contributed by atoms with E-state index >= 15 is 0 Å². The molecule has 0 aliphatic heterocycles. The summed E-state index contributed by atoms with van der Waals surface area (Å²) >= 11 is 0. The Morgan fingerprint density at radius 3 is 2.26 bits per heavy atom. The molecule has 3 amide bonds. The number of carbonyl (C=O) groups is 3. The van der Waals surface area contributed by atoms with E-state index in [0.717, 1.165) is 48.1 Å². The molecule has 0 spiro atoms. The summed E-state index contributed by atoms with van der Waals surface area (Å²) in [5.74, 6) is -2.69. The molecule has 0 heterocycles. The predicted octanol–water partition coefficient (Wildman–Crippen LogP) is 5.88. The topological polar surface area (TPSA) is 108 Å². The molecule has 186 valence electrons. The number of carboxylic acid groups (broad SMARTS) is 1. The van der Waals surface area contributed by atoms with Crippen molar-refractivity contribution in [2.45, 2.75) is 58.4 Å².